The van der Waals surface area contributed by atoms with Crippen LogP contribution in [0.5, 0.6) is 5.75 Å². The lowest BCUT2D eigenvalue weighted by atomic mass is 9.94. The molecule has 0 unspecified atom stereocenters. The molecule has 0 aliphatic carbocycles. The zero-order chi connectivity index (χ0) is 21.0. The molecule has 0 fully saturated rings. The van der Waals surface area contributed by atoms with Gasteiger partial charge in [0.15, 0.2) is 11.7 Å². The maximum absolute atomic E-state index is 12.7. The van der Waals surface area contributed by atoms with Crippen molar-refractivity contribution in [2.24, 2.45) is 0 Å². The predicted molar refractivity (Wildman–Crippen MR) is 114 cm³/mol. The third-order valence-electron chi connectivity index (χ3n) is 4.67. The van der Waals surface area contributed by atoms with Gasteiger partial charge in [-0.25, -0.2) is 4.79 Å². The van der Waals surface area contributed by atoms with Crippen molar-refractivity contribution >= 4 is 29.0 Å². The number of hydrogen-bond donors (Lipinski definition) is 1. The van der Waals surface area contributed by atoms with Gasteiger partial charge in [0, 0.05) is 11.4 Å². The second-order valence-corrected chi connectivity index (χ2v) is 6.95. The number of nitrogens with one attached hydrogen (secondary N) is 1. The molecule has 0 radical (unpaired) electrons. The third kappa shape index (κ3) is 4.23. The van der Waals surface area contributed by atoms with Gasteiger partial charge < -0.3 is 14.8 Å². The van der Waals surface area contributed by atoms with E-state index in [1.54, 1.807) is 12.1 Å². The molecule has 29 heavy (non-hydrogen) atoms. The highest BCUT2D eigenvalue weighted by atomic mass is 32.1. The number of nitriles is 1. The number of aryl methyl sites for hydroxylation is 1. The van der Waals surface area contributed by atoms with Crippen molar-refractivity contribution in [1.29, 1.82) is 5.26 Å². The van der Waals surface area contributed by atoms with Gasteiger partial charge >= 0.3 is 5.97 Å². The Morgan fingerprint density at radius 3 is 2.59 bits per heavy atom. The van der Waals surface area contributed by atoms with Crippen molar-refractivity contribution in [3.63, 3.8) is 0 Å². The van der Waals surface area contributed by atoms with Gasteiger partial charge in [0.05, 0.1) is 18.7 Å². The molecule has 7 heteroatoms. The predicted octanol–water partition coefficient (Wildman–Crippen LogP) is 3.78. The summed E-state index contributed by atoms with van der Waals surface area (Å²) < 4.78 is 10.4. The van der Waals surface area contributed by atoms with E-state index in [2.05, 4.69) is 5.32 Å². The van der Waals surface area contributed by atoms with Crippen LogP contribution >= 0.6 is 12.2 Å². The number of hydrogen-bond acceptors (Lipinski definition) is 5. The molecule has 2 aromatic rings. The number of methoxy groups -OCH3 is 1. The number of anilines is 1. The number of ether oxygens (including phenoxy) is 2. The minimum atomic E-state index is -0.457. The fourth-order valence-corrected chi connectivity index (χ4v) is 3.68. The second-order valence-electron chi connectivity index (χ2n) is 6.56. The van der Waals surface area contributed by atoms with Gasteiger partial charge in [-0.05, 0) is 61.5 Å². The standard InChI is InChI=1S/C22H21N3O3S/c1-14-5-4-6-17(13-14)25-15(2)19(21(26)27-3)20(24-22(25)29)16-7-9-18(10-8-16)28-12-11-23/h4-10,13,20H,12H2,1-3H3,(H,24,29)/t20-/m0/s1. The number of carbonyl (C=O) groups excluding carboxylic acids is 1. The van der Waals surface area contributed by atoms with E-state index in [0.29, 0.717) is 22.1 Å². The van der Waals surface area contributed by atoms with Crippen LogP contribution in [0.15, 0.2) is 59.8 Å². The summed E-state index contributed by atoms with van der Waals surface area (Å²) in [5, 5.41) is 12.4. The fraction of sp³-hybridized carbons (Fsp3) is 0.227. The van der Waals surface area contributed by atoms with Gasteiger partial charge in [-0.2, -0.15) is 5.26 Å². The Balaban J connectivity index is 2.03. The van der Waals surface area contributed by atoms with Crippen LogP contribution in [-0.2, 0) is 9.53 Å². The Hall–Kier alpha value is -3.37. The molecule has 0 amide bonds. The van der Waals surface area contributed by atoms with E-state index < -0.39 is 12.0 Å². The Labute approximate surface area is 175 Å². The van der Waals surface area contributed by atoms with Gasteiger partial charge in [0.1, 0.15) is 11.8 Å². The second kappa shape index (κ2) is 8.76. The first kappa shape index (κ1) is 20.4. The van der Waals surface area contributed by atoms with Crippen molar-refractivity contribution < 1.29 is 14.3 Å². The molecule has 0 aromatic heterocycles. The van der Waals surface area contributed by atoms with Crippen LogP contribution in [-0.4, -0.2) is 24.8 Å². The Kier molecular flexibility index (Phi) is 6.15. The minimum Gasteiger partial charge on any atom is -0.479 e. The summed E-state index contributed by atoms with van der Waals surface area (Å²) in [5.74, 6) is 0.153. The summed E-state index contributed by atoms with van der Waals surface area (Å²) in [6.07, 6.45) is 0. The molecule has 2 aromatic carbocycles. The largest absolute Gasteiger partial charge is 0.479 e. The normalized spacial score (nSPS) is 16.1. The number of thiocarbonyl (C=S) groups is 1. The number of carbonyl (C=O) groups is 1. The molecule has 6 nitrogen and oxygen atoms in total. The first-order valence-corrected chi connectivity index (χ1v) is 9.43. The van der Waals surface area contributed by atoms with Crippen LogP contribution in [0.25, 0.3) is 0 Å². The average Bonchev–Trinajstić information content (AvgIpc) is 2.72. The Morgan fingerprint density at radius 1 is 1.24 bits per heavy atom. The molecule has 148 valence electrons. The monoisotopic (exact) mass is 407 g/mol. The maximum Gasteiger partial charge on any atom is 0.337 e. The van der Waals surface area contributed by atoms with Crippen LogP contribution in [0.1, 0.15) is 24.1 Å². The average molecular weight is 407 g/mol. The van der Waals surface area contributed by atoms with Crippen LogP contribution in [0.3, 0.4) is 0 Å². The molecular weight excluding hydrogens is 386 g/mol. The quantitative estimate of drug-likeness (QED) is 0.597. The summed E-state index contributed by atoms with van der Waals surface area (Å²) >= 11 is 5.63. The third-order valence-corrected chi connectivity index (χ3v) is 4.97. The lowest BCUT2D eigenvalue weighted by Gasteiger charge is -2.37. The molecule has 1 atom stereocenters. The summed E-state index contributed by atoms with van der Waals surface area (Å²) in [6.45, 7) is 3.84. The highest BCUT2D eigenvalue weighted by Crippen LogP contribution is 2.34. The lowest BCUT2D eigenvalue weighted by molar-refractivity contribution is -0.136. The zero-order valence-corrected chi connectivity index (χ0v) is 17.2. The van der Waals surface area contributed by atoms with E-state index in [9.17, 15) is 4.79 Å². The van der Waals surface area contributed by atoms with Crippen LogP contribution < -0.4 is 15.0 Å². The van der Waals surface area contributed by atoms with E-state index in [-0.39, 0.29) is 6.61 Å². The van der Waals surface area contributed by atoms with E-state index >= 15 is 0 Å². The van der Waals surface area contributed by atoms with Gasteiger partial charge in [0.2, 0.25) is 0 Å². The first-order valence-electron chi connectivity index (χ1n) is 9.02. The molecule has 1 aliphatic rings. The maximum atomic E-state index is 12.7. The highest BCUT2D eigenvalue weighted by Gasteiger charge is 2.35. The summed E-state index contributed by atoms with van der Waals surface area (Å²) in [5.41, 5.74) is 3.99. The molecule has 0 bridgehead atoms. The topological polar surface area (TPSA) is 74.6 Å². The smallest absolute Gasteiger partial charge is 0.337 e. The fourth-order valence-electron chi connectivity index (χ4n) is 3.32. The minimum absolute atomic E-state index is 0.0248. The van der Waals surface area contributed by atoms with Gasteiger partial charge in [-0.3, -0.25) is 4.90 Å². The number of benzene rings is 2. The van der Waals surface area contributed by atoms with Gasteiger partial charge in [-0.1, -0.05) is 24.3 Å². The lowest BCUT2D eigenvalue weighted by Crippen LogP contribution is -2.48. The van der Waals surface area contributed by atoms with Gasteiger partial charge in [0.25, 0.3) is 0 Å². The molecular formula is C22H21N3O3S. The molecule has 0 saturated heterocycles. The van der Waals surface area contributed by atoms with Gasteiger partial charge in [-0.15, -0.1) is 0 Å². The molecule has 0 saturated carbocycles. The van der Waals surface area contributed by atoms with Crippen molar-refractivity contribution in [2.75, 3.05) is 18.6 Å². The van der Waals surface area contributed by atoms with E-state index in [1.807, 2.05) is 61.2 Å². The molecule has 1 N–H and O–H groups in total. The number of allylic oxidation sites excluding steroid dienone is 1. The van der Waals surface area contributed by atoms with Crippen LogP contribution in [0, 0.1) is 18.3 Å². The highest BCUT2D eigenvalue weighted by molar-refractivity contribution is 7.80. The van der Waals surface area contributed by atoms with Crippen molar-refractivity contribution in [2.45, 2.75) is 19.9 Å². The molecule has 1 aliphatic heterocycles. The zero-order valence-electron chi connectivity index (χ0n) is 16.4. The van der Waals surface area contributed by atoms with Crippen molar-refractivity contribution in [1.82, 2.24) is 5.32 Å². The Morgan fingerprint density at radius 2 is 1.97 bits per heavy atom. The molecule has 1 heterocycles. The SMILES string of the molecule is COC(=O)C1=C(C)N(c2cccc(C)c2)C(=S)N[C@H]1c1ccc(OCC#N)cc1. The number of nitrogens with zero attached hydrogens (tertiary/aromatic N) is 2. The van der Waals surface area contributed by atoms with E-state index in [4.69, 9.17) is 27.0 Å². The summed E-state index contributed by atoms with van der Waals surface area (Å²) in [4.78, 5) is 14.5. The molecule has 3 rings (SSSR count). The van der Waals surface area contributed by atoms with Crippen molar-refractivity contribution in [3.8, 4) is 11.8 Å². The summed E-state index contributed by atoms with van der Waals surface area (Å²) in [7, 11) is 1.36. The molecule has 0 spiro atoms. The summed E-state index contributed by atoms with van der Waals surface area (Å²) in [6, 6.07) is 16.6. The van der Waals surface area contributed by atoms with Crippen LogP contribution in [0.2, 0.25) is 0 Å². The van der Waals surface area contributed by atoms with Crippen LogP contribution in [0.4, 0.5) is 5.69 Å². The Bertz CT molecular complexity index is 1010. The number of esters is 1. The van der Waals surface area contributed by atoms with Crippen molar-refractivity contribution in [3.05, 3.63) is 70.9 Å². The van der Waals surface area contributed by atoms with E-state index in [0.717, 1.165) is 16.8 Å². The van der Waals surface area contributed by atoms with E-state index in [1.165, 1.54) is 7.11 Å². The first-order chi connectivity index (χ1) is 14.0. The number of rotatable bonds is 5.